The number of hydrogen-bond donors (Lipinski definition) is 1. The quantitative estimate of drug-likeness (QED) is 0.908. The van der Waals surface area contributed by atoms with Crippen LogP contribution in [0, 0.1) is 26.7 Å². The fourth-order valence-electron chi connectivity index (χ4n) is 3.04. The van der Waals surface area contributed by atoms with Crippen LogP contribution in [0.25, 0.3) is 10.2 Å². The van der Waals surface area contributed by atoms with E-state index in [0.29, 0.717) is 23.7 Å². The van der Waals surface area contributed by atoms with Gasteiger partial charge in [0.2, 0.25) is 0 Å². The predicted octanol–water partition coefficient (Wildman–Crippen LogP) is 1.78. The van der Waals surface area contributed by atoms with Crippen molar-refractivity contribution >= 4 is 37.3 Å². The van der Waals surface area contributed by atoms with Gasteiger partial charge in [-0.2, -0.15) is 0 Å². The number of aromatic nitrogens is 2. The Kier molecular flexibility index (Phi) is 4.14. The molecule has 1 unspecified atom stereocenters. The van der Waals surface area contributed by atoms with E-state index >= 15 is 0 Å². The van der Waals surface area contributed by atoms with E-state index in [0.717, 1.165) is 21.5 Å². The van der Waals surface area contributed by atoms with E-state index in [1.165, 1.54) is 11.3 Å². The van der Waals surface area contributed by atoms with Gasteiger partial charge in [-0.15, -0.1) is 11.3 Å². The Bertz CT molecular complexity index is 887. The molecule has 1 N–H and O–H groups in total. The Labute approximate surface area is 139 Å². The van der Waals surface area contributed by atoms with Crippen LogP contribution in [0.5, 0.6) is 0 Å². The van der Waals surface area contributed by atoms with Gasteiger partial charge in [-0.3, -0.25) is 4.79 Å². The van der Waals surface area contributed by atoms with E-state index in [1.807, 2.05) is 20.8 Å². The van der Waals surface area contributed by atoms with Crippen LogP contribution in [0.2, 0.25) is 0 Å². The van der Waals surface area contributed by atoms with E-state index < -0.39 is 9.84 Å². The number of nitrogens with zero attached hydrogens (tertiary/aromatic N) is 2. The fraction of sp³-hybridized carbons (Fsp3) is 0.533. The minimum absolute atomic E-state index is 0.0161. The van der Waals surface area contributed by atoms with Crippen molar-refractivity contribution in [3.8, 4) is 0 Å². The number of sulfone groups is 1. The first-order valence-corrected chi connectivity index (χ1v) is 10.1. The molecule has 124 valence electrons. The van der Waals surface area contributed by atoms with Crippen LogP contribution < -0.4 is 5.32 Å². The van der Waals surface area contributed by atoms with E-state index in [9.17, 15) is 13.2 Å². The second-order valence-electron chi connectivity index (χ2n) is 6.07. The van der Waals surface area contributed by atoms with Crippen LogP contribution in [0.3, 0.4) is 0 Å². The standard InChI is InChI=1S/C15H19N3O3S2/c1-8-12-9(2)17-10(3)18-15(12)22-13(8)14(19)16-6-11-4-5-23(20,21)7-11/h11H,4-7H2,1-3H3,(H,16,19). The molecule has 0 aliphatic carbocycles. The summed E-state index contributed by atoms with van der Waals surface area (Å²) >= 11 is 1.36. The molecular formula is C15H19N3O3S2. The second kappa shape index (κ2) is 5.83. The van der Waals surface area contributed by atoms with Crippen LogP contribution >= 0.6 is 11.3 Å². The van der Waals surface area contributed by atoms with Gasteiger partial charge in [0.25, 0.3) is 5.91 Å². The topological polar surface area (TPSA) is 89.0 Å². The van der Waals surface area contributed by atoms with Crippen molar-refractivity contribution in [2.45, 2.75) is 27.2 Å². The summed E-state index contributed by atoms with van der Waals surface area (Å²) in [4.78, 5) is 22.7. The first-order chi connectivity index (χ1) is 10.8. The number of hydrogen-bond acceptors (Lipinski definition) is 6. The van der Waals surface area contributed by atoms with E-state index in [4.69, 9.17) is 0 Å². The maximum Gasteiger partial charge on any atom is 0.261 e. The van der Waals surface area contributed by atoms with Gasteiger partial charge in [-0.05, 0) is 38.7 Å². The fourth-order valence-corrected chi connectivity index (χ4v) is 6.10. The van der Waals surface area contributed by atoms with Gasteiger partial charge >= 0.3 is 0 Å². The summed E-state index contributed by atoms with van der Waals surface area (Å²) in [6, 6.07) is 0. The largest absolute Gasteiger partial charge is 0.351 e. The first-order valence-electron chi connectivity index (χ1n) is 7.50. The molecule has 1 saturated heterocycles. The smallest absolute Gasteiger partial charge is 0.261 e. The highest BCUT2D eigenvalue weighted by Crippen LogP contribution is 2.31. The molecule has 1 atom stereocenters. The number of nitrogens with one attached hydrogen (secondary N) is 1. The minimum atomic E-state index is -2.91. The molecule has 23 heavy (non-hydrogen) atoms. The molecule has 8 heteroatoms. The monoisotopic (exact) mass is 353 g/mol. The van der Waals surface area contributed by atoms with Gasteiger partial charge in [0, 0.05) is 17.6 Å². The number of fused-ring (bicyclic) bond motifs is 1. The molecule has 2 aromatic rings. The zero-order valence-electron chi connectivity index (χ0n) is 13.3. The highest BCUT2D eigenvalue weighted by atomic mass is 32.2. The molecule has 6 nitrogen and oxygen atoms in total. The van der Waals surface area contributed by atoms with Gasteiger partial charge in [0.05, 0.1) is 16.4 Å². The van der Waals surface area contributed by atoms with E-state index in [2.05, 4.69) is 15.3 Å². The Morgan fingerprint density at radius 1 is 1.30 bits per heavy atom. The van der Waals surface area contributed by atoms with Crippen molar-refractivity contribution in [3.63, 3.8) is 0 Å². The van der Waals surface area contributed by atoms with Gasteiger partial charge in [-0.25, -0.2) is 18.4 Å². The van der Waals surface area contributed by atoms with Gasteiger partial charge in [-0.1, -0.05) is 0 Å². The average Bonchev–Trinajstić information content (AvgIpc) is 2.96. The van der Waals surface area contributed by atoms with E-state index in [-0.39, 0.29) is 23.3 Å². The van der Waals surface area contributed by atoms with Gasteiger partial charge in [0.15, 0.2) is 9.84 Å². The zero-order valence-corrected chi connectivity index (χ0v) is 15.0. The first kappa shape index (κ1) is 16.3. The number of amides is 1. The Morgan fingerprint density at radius 3 is 2.70 bits per heavy atom. The van der Waals surface area contributed by atoms with Crippen molar-refractivity contribution in [2.24, 2.45) is 5.92 Å². The van der Waals surface area contributed by atoms with Crippen molar-refractivity contribution in [2.75, 3.05) is 18.1 Å². The van der Waals surface area contributed by atoms with Crippen molar-refractivity contribution < 1.29 is 13.2 Å². The third kappa shape index (κ3) is 3.23. The summed E-state index contributed by atoms with van der Waals surface area (Å²) in [5.74, 6) is 0.944. The Balaban J connectivity index is 1.79. The van der Waals surface area contributed by atoms with Crippen LogP contribution in [-0.2, 0) is 9.84 Å². The summed E-state index contributed by atoms with van der Waals surface area (Å²) in [6.07, 6.45) is 0.623. The molecule has 3 rings (SSSR count). The molecule has 0 radical (unpaired) electrons. The average molecular weight is 353 g/mol. The summed E-state index contributed by atoms with van der Waals surface area (Å²) in [6.45, 7) is 6.05. The molecule has 3 heterocycles. The second-order valence-corrected chi connectivity index (χ2v) is 9.30. The molecule has 0 spiro atoms. The summed E-state index contributed by atoms with van der Waals surface area (Å²) in [7, 11) is -2.91. The highest BCUT2D eigenvalue weighted by Gasteiger charge is 2.28. The molecule has 0 aromatic carbocycles. The molecule has 1 aliphatic rings. The maximum atomic E-state index is 12.5. The maximum absolute atomic E-state index is 12.5. The zero-order chi connectivity index (χ0) is 16.8. The van der Waals surface area contributed by atoms with Crippen LogP contribution in [0.4, 0.5) is 0 Å². The molecule has 0 bridgehead atoms. The Hall–Kier alpha value is -1.54. The van der Waals surface area contributed by atoms with Crippen molar-refractivity contribution in [1.29, 1.82) is 0 Å². The lowest BCUT2D eigenvalue weighted by Crippen LogP contribution is -2.29. The lowest BCUT2D eigenvalue weighted by molar-refractivity contribution is 0.0952. The van der Waals surface area contributed by atoms with Gasteiger partial charge in [0.1, 0.15) is 10.7 Å². The number of thiophene rings is 1. The Morgan fingerprint density at radius 2 is 2.04 bits per heavy atom. The van der Waals surface area contributed by atoms with Crippen LogP contribution in [0.1, 0.15) is 33.2 Å². The summed E-state index contributed by atoms with van der Waals surface area (Å²) < 4.78 is 22.9. The predicted molar refractivity (Wildman–Crippen MR) is 90.7 cm³/mol. The number of rotatable bonds is 3. The number of aryl methyl sites for hydroxylation is 3. The number of carbonyl (C=O) groups excluding carboxylic acids is 1. The van der Waals surface area contributed by atoms with Crippen LogP contribution in [-0.4, -0.2) is 42.3 Å². The molecule has 1 aliphatic heterocycles. The molecule has 0 saturated carbocycles. The minimum Gasteiger partial charge on any atom is -0.351 e. The van der Waals surface area contributed by atoms with Crippen molar-refractivity contribution in [3.05, 3.63) is 22.0 Å². The molecule has 2 aromatic heterocycles. The summed E-state index contributed by atoms with van der Waals surface area (Å²) in [5, 5.41) is 3.81. The van der Waals surface area contributed by atoms with Gasteiger partial charge < -0.3 is 5.32 Å². The lowest BCUT2D eigenvalue weighted by Gasteiger charge is -2.09. The normalized spacial score (nSPS) is 20.0. The summed E-state index contributed by atoms with van der Waals surface area (Å²) in [5.41, 5.74) is 1.77. The molecular weight excluding hydrogens is 334 g/mol. The van der Waals surface area contributed by atoms with E-state index in [1.54, 1.807) is 0 Å². The number of carbonyl (C=O) groups is 1. The molecule has 1 amide bonds. The third-order valence-electron chi connectivity index (χ3n) is 4.17. The van der Waals surface area contributed by atoms with Crippen LogP contribution in [0.15, 0.2) is 0 Å². The molecule has 1 fully saturated rings. The highest BCUT2D eigenvalue weighted by molar-refractivity contribution is 7.91. The third-order valence-corrected chi connectivity index (χ3v) is 7.19. The SMILES string of the molecule is Cc1nc(C)c2c(C)c(C(=O)NCC3CCS(=O)(=O)C3)sc2n1. The van der Waals surface area contributed by atoms with Crippen molar-refractivity contribution in [1.82, 2.24) is 15.3 Å². The lowest BCUT2D eigenvalue weighted by atomic mass is 10.1.